The molecule has 2 aromatic heterocycles. The number of rotatable bonds is 7. The van der Waals surface area contributed by atoms with Crippen molar-refractivity contribution in [2.24, 2.45) is 0 Å². The van der Waals surface area contributed by atoms with Crippen LogP contribution in [0.3, 0.4) is 0 Å². The number of nitrogen functional groups attached to an aromatic ring is 1. The molecular weight excluding hydrogens is 544 g/mol. The van der Waals surface area contributed by atoms with Gasteiger partial charge in [-0.15, -0.1) is 0 Å². The summed E-state index contributed by atoms with van der Waals surface area (Å²) in [5.41, 5.74) is 7.92. The van der Waals surface area contributed by atoms with E-state index in [2.05, 4.69) is 31.4 Å². The molecule has 2 fully saturated rings. The van der Waals surface area contributed by atoms with E-state index < -0.39 is 23.3 Å². The summed E-state index contributed by atoms with van der Waals surface area (Å²) < 4.78 is 34.2. The second-order valence-electron chi connectivity index (χ2n) is 11.6. The molecule has 0 saturated carbocycles. The molecule has 0 atom stereocenters. The number of nitrogens with zero attached hydrogens (tertiary/aromatic N) is 7. The van der Waals surface area contributed by atoms with Crippen molar-refractivity contribution in [3.05, 3.63) is 59.4 Å². The van der Waals surface area contributed by atoms with Crippen molar-refractivity contribution >= 4 is 29.6 Å². The summed E-state index contributed by atoms with van der Waals surface area (Å²) in [6, 6.07) is 5.42. The Hall–Kier alpha value is -4.26. The SMILES string of the molecule is Cc1c(C=CCN2CCN(c3cc(F)cc(F)c3)CC2)cnn1-c1cc(N2CC(NC(=O)OC(C)(C)C)C2)nc(N)n1. The summed E-state index contributed by atoms with van der Waals surface area (Å²) >= 11 is 0. The van der Waals surface area contributed by atoms with E-state index in [1.165, 1.54) is 12.1 Å². The number of anilines is 3. The largest absolute Gasteiger partial charge is 0.444 e. The van der Waals surface area contributed by atoms with E-state index in [1.54, 1.807) is 10.9 Å². The quantitative estimate of drug-likeness (QED) is 0.433. The molecule has 4 heterocycles. The average Bonchev–Trinajstić information content (AvgIpc) is 3.24. The van der Waals surface area contributed by atoms with Crippen LogP contribution in [0.4, 0.5) is 31.0 Å². The minimum atomic E-state index is -0.561. The molecule has 0 bridgehead atoms. The van der Waals surface area contributed by atoms with Gasteiger partial charge in [-0.2, -0.15) is 15.1 Å². The molecule has 0 spiro atoms. The van der Waals surface area contributed by atoms with E-state index >= 15 is 0 Å². The van der Waals surface area contributed by atoms with Crippen LogP contribution in [0.2, 0.25) is 0 Å². The Labute approximate surface area is 244 Å². The van der Waals surface area contributed by atoms with Crippen molar-refractivity contribution in [2.45, 2.75) is 39.3 Å². The van der Waals surface area contributed by atoms with Crippen molar-refractivity contribution in [3.8, 4) is 5.82 Å². The summed E-state index contributed by atoms with van der Waals surface area (Å²) in [5.74, 6) is 0.232. The first-order valence-electron chi connectivity index (χ1n) is 14.0. The predicted molar refractivity (Wildman–Crippen MR) is 158 cm³/mol. The number of alkyl carbamates (subject to hydrolysis) is 1. The molecule has 11 nitrogen and oxygen atoms in total. The monoisotopic (exact) mass is 581 g/mol. The van der Waals surface area contributed by atoms with Gasteiger partial charge in [0.25, 0.3) is 0 Å². The lowest BCUT2D eigenvalue weighted by Gasteiger charge is -2.40. The number of hydrogen-bond acceptors (Lipinski definition) is 9. The molecule has 1 amide bonds. The number of nitrogens with two attached hydrogens (primary N) is 1. The van der Waals surface area contributed by atoms with Crippen LogP contribution in [0.1, 0.15) is 32.0 Å². The summed E-state index contributed by atoms with van der Waals surface area (Å²) in [7, 11) is 0. The van der Waals surface area contributed by atoms with Gasteiger partial charge in [-0.05, 0) is 39.8 Å². The molecule has 3 N–H and O–H groups in total. The van der Waals surface area contributed by atoms with Crippen LogP contribution in [0.15, 0.2) is 36.5 Å². The number of piperazine rings is 1. The molecule has 42 heavy (non-hydrogen) atoms. The second kappa shape index (κ2) is 11.9. The molecule has 2 saturated heterocycles. The number of carbonyl (C=O) groups excluding carboxylic acids is 1. The highest BCUT2D eigenvalue weighted by Gasteiger charge is 2.31. The minimum absolute atomic E-state index is 0.0463. The molecule has 0 aliphatic carbocycles. The standard InChI is InChI=1S/C29H37F2N9O2/c1-19-20(6-5-7-37-8-10-38(11-9-37)24-13-21(30)12-22(31)14-24)16-33-40(19)26-15-25(35-27(32)36-26)39-17-23(18-39)34-28(41)42-29(2,3)4/h5-6,12-16,23H,7-11,17-18H2,1-4H3,(H,34,41)(H2,32,35,36). The fourth-order valence-electron chi connectivity index (χ4n) is 5.00. The molecule has 3 aromatic rings. The van der Waals surface area contributed by atoms with Crippen LogP contribution >= 0.6 is 0 Å². The molecular formula is C29H37F2N9O2. The molecule has 2 aliphatic heterocycles. The van der Waals surface area contributed by atoms with Crippen molar-refractivity contribution in [1.29, 1.82) is 0 Å². The maximum absolute atomic E-state index is 13.6. The summed E-state index contributed by atoms with van der Waals surface area (Å²) in [6.07, 6.45) is 5.46. The summed E-state index contributed by atoms with van der Waals surface area (Å²) in [5, 5.41) is 7.40. The van der Waals surface area contributed by atoms with Crippen molar-refractivity contribution < 1.29 is 18.3 Å². The lowest BCUT2D eigenvalue weighted by atomic mass is 10.1. The number of carbonyl (C=O) groups is 1. The Bertz CT molecular complexity index is 1440. The van der Waals surface area contributed by atoms with Crippen LogP contribution < -0.4 is 20.9 Å². The van der Waals surface area contributed by atoms with Gasteiger partial charge in [0, 0.05) is 69.2 Å². The third kappa shape index (κ3) is 7.14. The number of amides is 1. The highest BCUT2D eigenvalue weighted by atomic mass is 19.1. The lowest BCUT2D eigenvalue weighted by Crippen LogP contribution is -2.60. The van der Waals surface area contributed by atoms with Crippen molar-refractivity contribution in [1.82, 2.24) is 30.0 Å². The first kappa shape index (κ1) is 29.2. The van der Waals surface area contributed by atoms with Crippen molar-refractivity contribution in [2.75, 3.05) is 61.3 Å². The predicted octanol–water partition coefficient (Wildman–Crippen LogP) is 3.38. The van der Waals surface area contributed by atoms with E-state index in [0.29, 0.717) is 43.5 Å². The van der Waals surface area contributed by atoms with Gasteiger partial charge in [0.2, 0.25) is 5.95 Å². The van der Waals surface area contributed by atoms with Crippen LogP contribution in [-0.2, 0) is 4.74 Å². The molecule has 0 unspecified atom stereocenters. The van der Waals surface area contributed by atoms with Crippen LogP contribution in [0, 0.1) is 18.6 Å². The lowest BCUT2D eigenvalue weighted by molar-refractivity contribution is 0.0496. The highest BCUT2D eigenvalue weighted by Crippen LogP contribution is 2.24. The molecule has 13 heteroatoms. The van der Waals surface area contributed by atoms with Gasteiger partial charge < -0.3 is 25.6 Å². The maximum Gasteiger partial charge on any atom is 0.407 e. The number of ether oxygens (including phenoxy) is 1. The van der Waals surface area contributed by atoms with Gasteiger partial charge in [-0.3, -0.25) is 4.90 Å². The first-order chi connectivity index (χ1) is 19.9. The second-order valence-corrected chi connectivity index (χ2v) is 11.6. The smallest absolute Gasteiger partial charge is 0.407 e. The number of nitrogens with one attached hydrogen (secondary N) is 1. The maximum atomic E-state index is 13.6. The van der Waals surface area contributed by atoms with Crippen LogP contribution in [0.5, 0.6) is 0 Å². The number of hydrogen-bond donors (Lipinski definition) is 2. The minimum Gasteiger partial charge on any atom is -0.444 e. The van der Waals surface area contributed by atoms with E-state index in [0.717, 1.165) is 37.0 Å². The Kier molecular flexibility index (Phi) is 8.30. The van der Waals surface area contributed by atoms with Gasteiger partial charge in [0.15, 0.2) is 5.82 Å². The Balaban J connectivity index is 1.15. The molecule has 1 aromatic carbocycles. The number of aromatic nitrogens is 4. The number of benzene rings is 1. The van der Waals surface area contributed by atoms with Gasteiger partial charge in [0.1, 0.15) is 23.1 Å². The molecule has 5 rings (SSSR count). The van der Waals surface area contributed by atoms with Crippen LogP contribution in [0.25, 0.3) is 11.9 Å². The fourth-order valence-corrected chi connectivity index (χ4v) is 5.00. The summed E-state index contributed by atoms with van der Waals surface area (Å²) in [6.45, 7) is 12.3. The number of halogens is 2. The zero-order chi connectivity index (χ0) is 30.0. The van der Waals surface area contributed by atoms with Gasteiger partial charge in [0.05, 0.1) is 17.9 Å². The average molecular weight is 582 g/mol. The van der Waals surface area contributed by atoms with Gasteiger partial charge >= 0.3 is 6.09 Å². The molecule has 2 aliphatic rings. The molecule has 0 radical (unpaired) electrons. The third-order valence-corrected chi connectivity index (χ3v) is 7.15. The Morgan fingerprint density at radius 2 is 1.71 bits per heavy atom. The van der Waals surface area contributed by atoms with E-state index in [9.17, 15) is 13.6 Å². The van der Waals surface area contributed by atoms with Crippen molar-refractivity contribution in [3.63, 3.8) is 0 Å². The Morgan fingerprint density at radius 1 is 1.05 bits per heavy atom. The Morgan fingerprint density at radius 3 is 2.38 bits per heavy atom. The summed E-state index contributed by atoms with van der Waals surface area (Å²) in [4.78, 5) is 27.1. The highest BCUT2D eigenvalue weighted by molar-refractivity contribution is 5.69. The van der Waals surface area contributed by atoms with Gasteiger partial charge in [-0.25, -0.2) is 18.3 Å². The normalized spacial score (nSPS) is 16.6. The van der Waals surface area contributed by atoms with Gasteiger partial charge in [-0.1, -0.05) is 12.2 Å². The third-order valence-electron chi connectivity index (χ3n) is 7.15. The van der Waals surface area contributed by atoms with E-state index in [4.69, 9.17) is 10.5 Å². The van der Waals surface area contributed by atoms with E-state index in [1.807, 2.05) is 49.6 Å². The zero-order valence-corrected chi connectivity index (χ0v) is 24.3. The fraction of sp³-hybridized carbons (Fsp3) is 0.448. The van der Waals surface area contributed by atoms with E-state index in [-0.39, 0.29) is 12.0 Å². The van der Waals surface area contributed by atoms with Crippen LogP contribution in [-0.4, -0.2) is 88.2 Å². The zero-order valence-electron chi connectivity index (χ0n) is 24.3. The first-order valence-corrected chi connectivity index (χ1v) is 14.0. The topological polar surface area (TPSA) is 118 Å². The molecule has 224 valence electrons.